The normalized spacial score (nSPS) is 13.3. The van der Waals surface area contributed by atoms with Crippen molar-refractivity contribution in [1.82, 2.24) is 9.97 Å². The first-order valence-electron chi connectivity index (χ1n) is 5.38. The average Bonchev–Trinajstić information content (AvgIpc) is 2.80. The van der Waals surface area contributed by atoms with E-state index in [1.807, 2.05) is 0 Å². The number of nitrogens with two attached hydrogens (primary N) is 1. The number of aromatic nitrogens is 2. The van der Waals surface area contributed by atoms with Crippen LogP contribution in [0.5, 0.6) is 0 Å². The second kappa shape index (κ2) is 4.79. The van der Waals surface area contributed by atoms with Gasteiger partial charge in [-0.05, 0) is 19.1 Å². The van der Waals surface area contributed by atoms with Crippen LogP contribution in [0, 0.1) is 0 Å². The standard InChI is InChI=1S/C11H11F3N4O/c1-6(7-3-2-4-19-7)16-9-5-8(15)17-10(18-9)11(12,13)14/h2-6H,1H3,(H3,15,16,17,18). The average molecular weight is 272 g/mol. The highest BCUT2D eigenvalue weighted by molar-refractivity contribution is 5.46. The number of anilines is 2. The quantitative estimate of drug-likeness (QED) is 0.898. The van der Waals surface area contributed by atoms with Crippen LogP contribution in [0.25, 0.3) is 0 Å². The lowest BCUT2D eigenvalue weighted by atomic mass is 10.2. The summed E-state index contributed by atoms with van der Waals surface area (Å²) in [7, 11) is 0. The number of rotatable bonds is 3. The summed E-state index contributed by atoms with van der Waals surface area (Å²) in [4.78, 5) is 6.54. The van der Waals surface area contributed by atoms with Gasteiger partial charge in [0.1, 0.15) is 17.4 Å². The Morgan fingerprint density at radius 3 is 2.68 bits per heavy atom. The second-order valence-electron chi connectivity index (χ2n) is 3.88. The molecule has 1 atom stereocenters. The van der Waals surface area contributed by atoms with Crippen LogP contribution in [-0.4, -0.2) is 9.97 Å². The largest absolute Gasteiger partial charge is 0.467 e. The molecule has 0 saturated carbocycles. The minimum absolute atomic E-state index is 0.0104. The van der Waals surface area contributed by atoms with E-state index in [4.69, 9.17) is 10.2 Å². The molecule has 0 aromatic carbocycles. The summed E-state index contributed by atoms with van der Waals surface area (Å²) >= 11 is 0. The molecule has 0 fully saturated rings. The van der Waals surface area contributed by atoms with Gasteiger partial charge in [0.2, 0.25) is 5.82 Å². The molecule has 19 heavy (non-hydrogen) atoms. The molecule has 5 nitrogen and oxygen atoms in total. The fraction of sp³-hybridized carbons (Fsp3) is 0.273. The van der Waals surface area contributed by atoms with Crippen molar-refractivity contribution in [1.29, 1.82) is 0 Å². The van der Waals surface area contributed by atoms with E-state index in [1.54, 1.807) is 19.1 Å². The maximum atomic E-state index is 12.5. The van der Waals surface area contributed by atoms with Crippen LogP contribution in [0.3, 0.4) is 0 Å². The van der Waals surface area contributed by atoms with Crippen LogP contribution in [0.2, 0.25) is 0 Å². The van der Waals surface area contributed by atoms with Gasteiger partial charge in [-0.25, -0.2) is 9.97 Å². The Morgan fingerprint density at radius 2 is 2.11 bits per heavy atom. The first kappa shape index (κ1) is 13.2. The summed E-state index contributed by atoms with van der Waals surface area (Å²) in [6.07, 6.45) is -3.16. The predicted octanol–water partition coefficient (Wildman–Crippen LogP) is 2.84. The van der Waals surface area contributed by atoms with Crippen molar-refractivity contribution >= 4 is 11.6 Å². The number of nitrogens with one attached hydrogen (secondary N) is 1. The highest BCUT2D eigenvalue weighted by Gasteiger charge is 2.35. The van der Waals surface area contributed by atoms with E-state index in [2.05, 4.69) is 15.3 Å². The molecule has 0 saturated heterocycles. The summed E-state index contributed by atoms with van der Waals surface area (Å²) in [6, 6.07) is 4.27. The van der Waals surface area contributed by atoms with Crippen molar-refractivity contribution in [3.05, 3.63) is 36.0 Å². The van der Waals surface area contributed by atoms with Gasteiger partial charge in [0.15, 0.2) is 0 Å². The van der Waals surface area contributed by atoms with Crippen LogP contribution >= 0.6 is 0 Å². The molecule has 0 aliphatic carbocycles. The number of halogens is 3. The summed E-state index contributed by atoms with van der Waals surface area (Å²) in [5, 5.41) is 2.77. The van der Waals surface area contributed by atoms with Gasteiger partial charge in [-0.15, -0.1) is 0 Å². The van der Waals surface area contributed by atoms with Crippen molar-refractivity contribution < 1.29 is 17.6 Å². The molecular formula is C11H11F3N4O. The second-order valence-corrected chi connectivity index (χ2v) is 3.88. The fourth-order valence-electron chi connectivity index (χ4n) is 1.50. The van der Waals surface area contributed by atoms with Crippen LogP contribution in [0.15, 0.2) is 28.9 Å². The Labute approximate surface area is 106 Å². The molecule has 3 N–H and O–H groups in total. The number of hydrogen-bond acceptors (Lipinski definition) is 5. The molecule has 2 aromatic heterocycles. The van der Waals surface area contributed by atoms with Crippen LogP contribution in [0.4, 0.5) is 24.8 Å². The monoisotopic (exact) mass is 272 g/mol. The van der Waals surface area contributed by atoms with Crippen molar-refractivity contribution in [2.45, 2.75) is 19.1 Å². The smallest absolute Gasteiger partial charge is 0.451 e. The predicted molar refractivity (Wildman–Crippen MR) is 62.2 cm³/mol. The molecule has 0 amide bonds. The number of hydrogen-bond donors (Lipinski definition) is 2. The zero-order valence-electron chi connectivity index (χ0n) is 9.90. The topological polar surface area (TPSA) is 77.0 Å². The number of furan rings is 1. The van der Waals surface area contributed by atoms with Gasteiger partial charge in [-0.1, -0.05) is 0 Å². The van der Waals surface area contributed by atoms with Crippen LogP contribution in [0.1, 0.15) is 24.6 Å². The molecule has 0 aliphatic heterocycles. The summed E-state index contributed by atoms with van der Waals surface area (Å²) in [6.45, 7) is 1.73. The summed E-state index contributed by atoms with van der Waals surface area (Å²) in [5.41, 5.74) is 5.34. The minimum atomic E-state index is -4.64. The van der Waals surface area contributed by atoms with Crippen LogP contribution < -0.4 is 11.1 Å². The summed E-state index contributed by atoms with van der Waals surface area (Å²) < 4.78 is 42.7. The number of alkyl halides is 3. The first-order chi connectivity index (χ1) is 8.86. The maximum Gasteiger partial charge on any atom is 0.451 e. The molecule has 8 heteroatoms. The van der Waals surface area contributed by atoms with Gasteiger partial charge in [0.25, 0.3) is 0 Å². The molecule has 0 bridgehead atoms. The van der Waals surface area contributed by atoms with E-state index < -0.39 is 12.0 Å². The van der Waals surface area contributed by atoms with Crippen molar-refractivity contribution in [3.8, 4) is 0 Å². The molecule has 0 aliphatic rings. The Bertz CT molecular complexity index is 554. The fourth-order valence-corrected chi connectivity index (χ4v) is 1.50. The Hall–Kier alpha value is -2.25. The highest BCUT2D eigenvalue weighted by Crippen LogP contribution is 2.28. The third-order valence-corrected chi connectivity index (χ3v) is 2.33. The lowest BCUT2D eigenvalue weighted by Crippen LogP contribution is -2.15. The molecule has 2 rings (SSSR count). The SMILES string of the molecule is CC(Nc1cc(N)nc(C(F)(F)F)n1)c1ccco1. The lowest BCUT2D eigenvalue weighted by Gasteiger charge is -2.14. The Morgan fingerprint density at radius 1 is 1.37 bits per heavy atom. The van der Waals surface area contributed by atoms with E-state index in [-0.39, 0.29) is 17.7 Å². The molecule has 0 radical (unpaired) electrons. The number of nitrogens with zero attached hydrogens (tertiary/aromatic N) is 2. The molecular weight excluding hydrogens is 261 g/mol. The molecule has 0 spiro atoms. The zero-order valence-corrected chi connectivity index (χ0v) is 9.90. The van der Waals surface area contributed by atoms with Gasteiger partial charge < -0.3 is 15.5 Å². The van der Waals surface area contributed by atoms with Gasteiger partial charge in [-0.3, -0.25) is 0 Å². The zero-order chi connectivity index (χ0) is 14.0. The Balaban J connectivity index is 2.23. The molecule has 102 valence electrons. The first-order valence-corrected chi connectivity index (χ1v) is 5.38. The highest BCUT2D eigenvalue weighted by atomic mass is 19.4. The number of nitrogen functional groups attached to an aromatic ring is 1. The van der Waals surface area contributed by atoms with Crippen molar-refractivity contribution in [2.24, 2.45) is 0 Å². The van der Waals surface area contributed by atoms with E-state index >= 15 is 0 Å². The van der Waals surface area contributed by atoms with E-state index in [9.17, 15) is 13.2 Å². The van der Waals surface area contributed by atoms with Crippen molar-refractivity contribution in [3.63, 3.8) is 0 Å². The van der Waals surface area contributed by atoms with Crippen LogP contribution in [-0.2, 0) is 6.18 Å². The maximum absolute atomic E-state index is 12.5. The summed E-state index contributed by atoms with van der Waals surface area (Å²) in [5.74, 6) is -0.965. The Kier molecular flexibility index (Phi) is 3.32. The van der Waals surface area contributed by atoms with E-state index in [1.165, 1.54) is 12.3 Å². The third-order valence-electron chi connectivity index (χ3n) is 2.33. The lowest BCUT2D eigenvalue weighted by molar-refractivity contribution is -0.144. The van der Waals surface area contributed by atoms with Gasteiger partial charge in [0, 0.05) is 6.07 Å². The van der Waals surface area contributed by atoms with E-state index in [0.29, 0.717) is 5.76 Å². The molecule has 1 unspecified atom stereocenters. The van der Waals surface area contributed by atoms with Gasteiger partial charge >= 0.3 is 6.18 Å². The molecule has 2 heterocycles. The van der Waals surface area contributed by atoms with Gasteiger partial charge in [0.05, 0.1) is 12.3 Å². The molecule has 2 aromatic rings. The van der Waals surface area contributed by atoms with Gasteiger partial charge in [-0.2, -0.15) is 13.2 Å². The third kappa shape index (κ3) is 3.15. The van der Waals surface area contributed by atoms with E-state index in [0.717, 1.165) is 0 Å². The van der Waals surface area contributed by atoms with Crippen molar-refractivity contribution in [2.75, 3.05) is 11.1 Å². The minimum Gasteiger partial charge on any atom is -0.467 e.